The minimum absolute atomic E-state index is 0.263. The summed E-state index contributed by atoms with van der Waals surface area (Å²) in [5.74, 6) is 2.47. The van der Waals surface area contributed by atoms with Crippen LogP contribution in [0, 0.1) is 6.92 Å². The highest BCUT2D eigenvalue weighted by Gasteiger charge is 2.12. The third-order valence-electron chi connectivity index (χ3n) is 8.11. The number of aliphatic hydroxyl groups is 1. The van der Waals surface area contributed by atoms with Crippen molar-refractivity contribution in [3.05, 3.63) is 147 Å². The van der Waals surface area contributed by atoms with Crippen LogP contribution in [-0.2, 0) is 7.05 Å². The monoisotopic (exact) mass is 925 g/mol. The van der Waals surface area contributed by atoms with Crippen LogP contribution < -0.4 is 36.5 Å². The SMILES string of the molecule is CNC(=O)c1cc(Oc2ccc(NC)c(N)c2)ccn1.CNC(=O)c1cc(Oc2ccc3c(c2)nc(Nc2ccc(Br)cc2)n3C)ccn1.CO.Cc1ccc(Br)cc1. The molecule has 0 bridgehead atoms. The molecular formula is C43H45Br2N9O5. The molecule has 0 aliphatic rings. The van der Waals surface area contributed by atoms with Crippen molar-refractivity contribution in [3.8, 4) is 23.0 Å². The Kier molecular flexibility index (Phi) is 17.2. The number of hydrogen-bond donors (Lipinski definition) is 6. The van der Waals surface area contributed by atoms with Crippen molar-refractivity contribution in [2.24, 2.45) is 7.05 Å². The molecule has 4 aromatic carbocycles. The number of carbonyl (C=O) groups excluding carboxylic acids is 2. The molecular weight excluding hydrogens is 882 g/mol. The second kappa shape index (κ2) is 22.4. The Labute approximate surface area is 359 Å². The number of aromatic nitrogens is 4. The lowest BCUT2D eigenvalue weighted by Crippen LogP contribution is -2.18. The van der Waals surface area contributed by atoms with E-state index >= 15 is 0 Å². The lowest BCUT2D eigenvalue weighted by atomic mass is 10.2. The smallest absolute Gasteiger partial charge is 0.269 e. The van der Waals surface area contributed by atoms with Gasteiger partial charge in [0.15, 0.2) is 0 Å². The van der Waals surface area contributed by atoms with E-state index in [0.717, 1.165) is 44.4 Å². The highest BCUT2D eigenvalue weighted by molar-refractivity contribution is 9.10. The number of carbonyl (C=O) groups is 2. The Bertz CT molecular complexity index is 2440. The van der Waals surface area contributed by atoms with Gasteiger partial charge in [-0.3, -0.25) is 19.6 Å². The molecule has 16 heteroatoms. The number of fused-ring (bicyclic) bond motifs is 1. The number of hydrogen-bond acceptors (Lipinski definition) is 11. The van der Waals surface area contributed by atoms with Gasteiger partial charge in [-0.2, -0.15) is 0 Å². The van der Waals surface area contributed by atoms with Crippen LogP contribution in [0.2, 0.25) is 0 Å². The molecule has 0 saturated heterocycles. The van der Waals surface area contributed by atoms with E-state index in [4.69, 9.17) is 20.3 Å². The van der Waals surface area contributed by atoms with E-state index in [1.54, 1.807) is 63.7 Å². The maximum Gasteiger partial charge on any atom is 0.269 e. The number of anilines is 4. The summed E-state index contributed by atoms with van der Waals surface area (Å²) in [6, 6.07) is 33.7. The molecule has 7 rings (SSSR count). The molecule has 2 amide bonds. The lowest BCUT2D eigenvalue weighted by molar-refractivity contribution is 0.0950. The summed E-state index contributed by atoms with van der Waals surface area (Å²) in [7, 11) is 7.86. The molecule has 3 aromatic heterocycles. The van der Waals surface area contributed by atoms with Crippen LogP contribution in [-0.4, -0.2) is 64.7 Å². The third kappa shape index (κ3) is 13.3. The molecule has 0 fully saturated rings. The second-order valence-corrected chi connectivity index (χ2v) is 14.0. The molecule has 14 nitrogen and oxygen atoms in total. The Hall–Kier alpha value is -6.49. The van der Waals surface area contributed by atoms with Gasteiger partial charge in [-0.05, 0) is 79.7 Å². The van der Waals surface area contributed by atoms with Crippen molar-refractivity contribution < 1.29 is 24.2 Å². The van der Waals surface area contributed by atoms with Gasteiger partial charge >= 0.3 is 0 Å². The van der Waals surface area contributed by atoms with E-state index in [1.165, 1.54) is 11.8 Å². The number of nitrogens with zero attached hydrogens (tertiary/aromatic N) is 4. The zero-order valence-electron chi connectivity index (χ0n) is 33.2. The van der Waals surface area contributed by atoms with Gasteiger partial charge in [0.1, 0.15) is 34.4 Å². The van der Waals surface area contributed by atoms with Gasteiger partial charge in [0.05, 0.1) is 22.4 Å². The molecule has 0 aliphatic carbocycles. The molecule has 7 N–H and O–H groups in total. The molecule has 3 heterocycles. The molecule has 7 aromatic rings. The predicted octanol–water partition coefficient (Wildman–Crippen LogP) is 8.85. The first-order valence-electron chi connectivity index (χ1n) is 17.9. The Morgan fingerprint density at radius 3 is 1.66 bits per heavy atom. The summed E-state index contributed by atoms with van der Waals surface area (Å²) < 4.78 is 15.7. The largest absolute Gasteiger partial charge is 0.457 e. The van der Waals surface area contributed by atoms with Crippen molar-refractivity contribution in [1.29, 1.82) is 0 Å². The molecule has 0 aliphatic heterocycles. The van der Waals surface area contributed by atoms with Gasteiger partial charge in [0.2, 0.25) is 5.95 Å². The molecule has 59 heavy (non-hydrogen) atoms. The number of amides is 2. The summed E-state index contributed by atoms with van der Waals surface area (Å²) in [6.07, 6.45) is 3.06. The summed E-state index contributed by atoms with van der Waals surface area (Å²) in [5, 5.41) is 18.4. The minimum atomic E-state index is -0.265. The summed E-state index contributed by atoms with van der Waals surface area (Å²) in [4.78, 5) is 35.9. The first kappa shape index (κ1) is 45.2. The van der Waals surface area contributed by atoms with Crippen LogP contribution in [0.4, 0.5) is 23.0 Å². The zero-order chi connectivity index (χ0) is 42.9. The van der Waals surface area contributed by atoms with Crippen LogP contribution in [0.3, 0.4) is 0 Å². The van der Waals surface area contributed by atoms with Crippen molar-refractivity contribution in [3.63, 3.8) is 0 Å². The molecule has 0 unspecified atom stereocenters. The maximum atomic E-state index is 11.8. The average Bonchev–Trinajstić information content (AvgIpc) is 3.56. The Balaban J connectivity index is 0.000000221. The highest BCUT2D eigenvalue weighted by atomic mass is 79.9. The van der Waals surface area contributed by atoms with Crippen LogP contribution in [0.1, 0.15) is 26.5 Å². The van der Waals surface area contributed by atoms with E-state index in [-0.39, 0.29) is 11.8 Å². The number of aliphatic hydroxyl groups excluding tert-OH is 1. The number of nitrogens with one attached hydrogen (secondary N) is 4. The highest BCUT2D eigenvalue weighted by Crippen LogP contribution is 2.30. The van der Waals surface area contributed by atoms with Gasteiger partial charge in [0, 0.05) is 86.6 Å². The van der Waals surface area contributed by atoms with Crippen LogP contribution in [0.5, 0.6) is 23.0 Å². The number of pyridine rings is 2. The lowest BCUT2D eigenvalue weighted by Gasteiger charge is -2.10. The van der Waals surface area contributed by atoms with E-state index < -0.39 is 0 Å². The van der Waals surface area contributed by atoms with Gasteiger partial charge in [-0.15, -0.1) is 0 Å². The standard InChI is InChI=1S/C21H18BrN5O2.C14H16N4O2.C7H7Br.CH4O/c1-23-20(28)18-12-16(9-10-24-18)29-15-7-8-19-17(11-15)26-21(27(19)2)25-14-5-3-13(22)4-6-14;1-16-12-4-3-9(7-11(12)15)20-10-5-6-18-13(8-10)14(19)17-2;1-6-2-4-7(8)5-3-6;1-2/h3-12H,1-2H3,(H,23,28)(H,25,26);3-8,16H,15H2,1-2H3,(H,17,19);2-5H,1H3;2H,1H3. The van der Waals surface area contributed by atoms with Gasteiger partial charge in [0.25, 0.3) is 11.8 Å². The molecule has 0 atom stereocenters. The van der Waals surface area contributed by atoms with Crippen molar-refractivity contribution in [2.75, 3.05) is 44.6 Å². The van der Waals surface area contributed by atoms with Crippen molar-refractivity contribution >= 4 is 77.7 Å². The first-order valence-corrected chi connectivity index (χ1v) is 19.5. The maximum absolute atomic E-state index is 11.8. The van der Waals surface area contributed by atoms with Crippen molar-refractivity contribution in [2.45, 2.75) is 6.92 Å². The van der Waals surface area contributed by atoms with Gasteiger partial charge in [-0.1, -0.05) is 49.6 Å². The van der Waals surface area contributed by atoms with Crippen LogP contribution in [0.25, 0.3) is 11.0 Å². The van der Waals surface area contributed by atoms with E-state index in [2.05, 4.69) is 87.1 Å². The summed E-state index contributed by atoms with van der Waals surface area (Å²) in [6.45, 7) is 2.08. The van der Waals surface area contributed by atoms with E-state index in [0.29, 0.717) is 40.1 Å². The second-order valence-electron chi connectivity index (χ2n) is 12.2. The van der Waals surface area contributed by atoms with E-state index in [9.17, 15) is 9.59 Å². The summed E-state index contributed by atoms with van der Waals surface area (Å²) >= 11 is 6.78. The van der Waals surface area contributed by atoms with Crippen LogP contribution >= 0.6 is 31.9 Å². The number of aryl methyl sites for hydroxylation is 2. The quantitative estimate of drug-likeness (QED) is 0.0759. The van der Waals surface area contributed by atoms with E-state index in [1.807, 2.05) is 72.3 Å². The normalized spacial score (nSPS) is 9.98. The third-order valence-corrected chi connectivity index (χ3v) is 9.17. The number of imidazole rings is 1. The summed E-state index contributed by atoms with van der Waals surface area (Å²) in [5.41, 5.74) is 11.9. The first-order chi connectivity index (χ1) is 28.5. The average molecular weight is 928 g/mol. The fraction of sp³-hybridized carbons (Fsp3) is 0.140. The topological polar surface area (TPSA) is 191 Å². The van der Waals surface area contributed by atoms with Crippen molar-refractivity contribution in [1.82, 2.24) is 30.2 Å². The molecule has 0 radical (unpaired) electrons. The van der Waals surface area contributed by atoms with Gasteiger partial charge in [-0.25, -0.2) is 4.98 Å². The number of nitrogens with two attached hydrogens (primary N) is 1. The fourth-order valence-corrected chi connectivity index (χ4v) is 5.64. The number of rotatable bonds is 9. The minimum Gasteiger partial charge on any atom is -0.457 e. The number of ether oxygens (including phenoxy) is 2. The molecule has 306 valence electrons. The molecule has 0 saturated carbocycles. The zero-order valence-corrected chi connectivity index (χ0v) is 36.4. The predicted molar refractivity (Wildman–Crippen MR) is 241 cm³/mol. The fourth-order valence-electron chi connectivity index (χ4n) is 5.11. The Morgan fingerprint density at radius 2 is 1.17 bits per heavy atom. The van der Waals surface area contributed by atoms with Crippen LogP contribution in [0.15, 0.2) is 131 Å². The number of nitrogen functional groups attached to an aromatic ring is 1. The number of benzene rings is 4. The Morgan fingerprint density at radius 1 is 0.678 bits per heavy atom. The van der Waals surface area contributed by atoms with Gasteiger partial charge < -0.3 is 46.1 Å². The number of halogens is 2. The molecule has 0 spiro atoms.